The fourth-order valence-electron chi connectivity index (χ4n) is 2.75. The minimum atomic E-state index is 0.165. The summed E-state index contributed by atoms with van der Waals surface area (Å²) in [4.78, 5) is 4.29. The van der Waals surface area contributed by atoms with Crippen molar-refractivity contribution in [2.75, 3.05) is 7.11 Å². The summed E-state index contributed by atoms with van der Waals surface area (Å²) in [6.45, 7) is 0. The number of hydrogen-bond acceptors (Lipinski definition) is 3. The molecule has 0 spiro atoms. The maximum atomic E-state index is 10.6. The predicted molar refractivity (Wildman–Crippen MR) is 91.8 cm³/mol. The van der Waals surface area contributed by atoms with Crippen LogP contribution in [0.4, 0.5) is 0 Å². The summed E-state index contributed by atoms with van der Waals surface area (Å²) < 4.78 is 6.95. The normalized spacial score (nSPS) is 11.2. The quantitative estimate of drug-likeness (QED) is 0.588. The molecule has 0 atom stereocenters. The van der Waals surface area contributed by atoms with Gasteiger partial charge in [0.05, 0.1) is 17.6 Å². The first-order valence-corrected chi connectivity index (χ1v) is 7.48. The zero-order chi connectivity index (χ0) is 16.0. The number of fused-ring (bicyclic) bond motifs is 2. The lowest BCUT2D eigenvalue weighted by molar-refractivity contribution is 0.414. The summed E-state index contributed by atoms with van der Waals surface area (Å²) in [6, 6.07) is 13.1. The maximum absolute atomic E-state index is 10.6. The summed E-state index contributed by atoms with van der Waals surface area (Å²) in [6.07, 6.45) is 3.56. The van der Waals surface area contributed by atoms with Crippen molar-refractivity contribution in [2.45, 2.75) is 0 Å². The molecule has 0 aliphatic heterocycles. The second-order valence-electron chi connectivity index (χ2n) is 5.27. The molecular formula is C18H13ClN2O2. The number of hydrogen-bond donors (Lipinski definition) is 1. The van der Waals surface area contributed by atoms with Gasteiger partial charge in [0.1, 0.15) is 5.75 Å². The monoisotopic (exact) mass is 324 g/mol. The fraction of sp³-hybridized carbons (Fsp3) is 0.0556. The minimum Gasteiger partial charge on any atom is -0.497 e. The maximum Gasteiger partial charge on any atom is 0.203 e. The van der Waals surface area contributed by atoms with Crippen molar-refractivity contribution in [3.05, 3.63) is 59.9 Å². The molecule has 0 radical (unpaired) electrons. The van der Waals surface area contributed by atoms with E-state index in [9.17, 15) is 5.11 Å². The van der Waals surface area contributed by atoms with Crippen molar-refractivity contribution in [1.29, 1.82) is 0 Å². The van der Waals surface area contributed by atoms with Gasteiger partial charge < -0.3 is 9.84 Å². The third-order valence-electron chi connectivity index (χ3n) is 3.95. The lowest BCUT2D eigenvalue weighted by Gasteiger charge is -2.07. The van der Waals surface area contributed by atoms with Crippen LogP contribution in [0.3, 0.4) is 0 Å². The molecule has 2 aromatic carbocycles. The standard InChI is InChI=1S/C18H13ClN2O2/c1-23-13-4-2-11-10-21(18(22)14(11)9-13)12-3-5-17-15(8-12)16(19)6-7-20-17/h2-10,22H,1H3. The van der Waals surface area contributed by atoms with E-state index in [1.807, 2.05) is 42.6 Å². The molecule has 0 saturated carbocycles. The molecule has 23 heavy (non-hydrogen) atoms. The van der Waals surface area contributed by atoms with Crippen LogP contribution in [-0.4, -0.2) is 21.8 Å². The Hall–Kier alpha value is -2.72. The lowest BCUT2D eigenvalue weighted by Crippen LogP contribution is -1.91. The Labute approximate surface area is 137 Å². The van der Waals surface area contributed by atoms with Crippen molar-refractivity contribution in [3.63, 3.8) is 0 Å². The third kappa shape index (κ3) is 2.19. The number of methoxy groups -OCH3 is 1. The first kappa shape index (κ1) is 13.9. The Morgan fingerprint density at radius 3 is 2.78 bits per heavy atom. The Morgan fingerprint density at radius 1 is 1.09 bits per heavy atom. The Morgan fingerprint density at radius 2 is 1.96 bits per heavy atom. The van der Waals surface area contributed by atoms with Crippen molar-refractivity contribution in [1.82, 2.24) is 9.55 Å². The van der Waals surface area contributed by atoms with Gasteiger partial charge in [-0.3, -0.25) is 9.55 Å². The van der Waals surface area contributed by atoms with Crippen LogP contribution in [0.25, 0.3) is 27.4 Å². The molecule has 4 nitrogen and oxygen atoms in total. The molecule has 5 heteroatoms. The highest BCUT2D eigenvalue weighted by atomic mass is 35.5. The molecule has 2 heterocycles. The smallest absolute Gasteiger partial charge is 0.203 e. The van der Waals surface area contributed by atoms with E-state index in [0.29, 0.717) is 10.8 Å². The molecule has 1 N–H and O–H groups in total. The van der Waals surface area contributed by atoms with Crippen LogP contribution in [0.5, 0.6) is 11.6 Å². The van der Waals surface area contributed by atoms with Crippen molar-refractivity contribution in [2.24, 2.45) is 0 Å². The van der Waals surface area contributed by atoms with Gasteiger partial charge in [0.15, 0.2) is 0 Å². The Kier molecular flexibility index (Phi) is 3.13. The average Bonchev–Trinajstić information content (AvgIpc) is 2.91. The molecule has 0 aliphatic rings. The van der Waals surface area contributed by atoms with Crippen LogP contribution >= 0.6 is 11.6 Å². The highest BCUT2D eigenvalue weighted by Gasteiger charge is 2.12. The lowest BCUT2D eigenvalue weighted by atomic mass is 10.2. The molecule has 114 valence electrons. The molecule has 0 unspecified atom stereocenters. The first-order valence-electron chi connectivity index (χ1n) is 7.10. The zero-order valence-electron chi connectivity index (χ0n) is 12.3. The minimum absolute atomic E-state index is 0.165. The molecule has 0 bridgehead atoms. The average molecular weight is 325 g/mol. The van der Waals surface area contributed by atoms with Crippen molar-refractivity contribution in [3.8, 4) is 17.3 Å². The summed E-state index contributed by atoms with van der Waals surface area (Å²) in [5, 5.41) is 13.7. The molecule has 2 aromatic heterocycles. The van der Waals surface area contributed by atoms with Gasteiger partial charge in [-0.25, -0.2) is 0 Å². The first-order chi connectivity index (χ1) is 11.2. The molecular weight excluding hydrogens is 312 g/mol. The van der Waals surface area contributed by atoms with E-state index in [-0.39, 0.29) is 5.88 Å². The second-order valence-corrected chi connectivity index (χ2v) is 5.68. The number of ether oxygens (including phenoxy) is 1. The van der Waals surface area contributed by atoms with Crippen LogP contribution in [-0.2, 0) is 0 Å². The summed E-state index contributed by atoms with van der Waals surface area (Å²) in [7, 11) is 1.60. The van der Waals surface area contributed by atoms with Gasteiger partial charge in [-0.2, -0.15) is 0 Å². The van der Waals surface area contributed by atoms with E-state index >= 15 is 0 Å². The number of nitrogens with zero attached hydrogens (tertiary/aromatic N) is 2. The highest BCUT2D eigenvalue weighted by molar-refractivity contribution is 6.35. The Bertz CT molecular complexity index is 1040. The fourth-order valence-corrected chi connectivity index (χ4v) is 2.95. The third-order valence-corrected chi connectivity index (χ3v) is 4.28. The summed E-state index contributed by atoms with van der Waals surface area (Å²) in [5.41, 5.74) is 1.64. The number of aromatic hydroxyl groups is 1. The SMILES string of the molecule is COc1ccc2cn(-c3ccc4nccc(Cl)c4c3)c(O)c2c1. The van der Waals surface area contributed by atoms with Crippen molar-refractivity contribution < 1.29 is 9.84 Å². The van der Waals surface area contributed by atoms with Crippen molar-refractivity contribution >= 4 is 33.3 Å². The van der Waals surface area contributed by atoms with Gasteiger partial charge in [-0.15, -0.1) is 0 Å². The molecule has 0 amide bonds. The number of rotatable bonds is 2. The summed E-state index contributed by atoms with van der Waals surface area (Å²) >= 11 is 6.25. The van der Waals surface area contributed by atoms with Crippen LogP contribution in [0, 0.1) is 0 Å². The molecule has 0 aliphatic carbocycles. The van der Waals surface area contributed by atoms with E-state index in [0.717, 1.165) is 27.4 Å². The van der Waals surface area contributed by atoms with Gasteiger partial charge in [-0.05, 0) is 42.5 Å². The van der Waals surface area contributed by atoms with E-state index in [1.54, 1.807) is 23.9 Å². The number of benzene rings is 2. The largest absolute Gasteiger partial charge is 0.497 e. The van der Waals surface area contributed by atoms with Gasteiger partial charge in [0.25, 0.3) is 0 Å². The second kappa shape index (κ2) is 5.18. The predicted octanol–water partition coefficient (Wildman–Crippen LogP) is 4.55. The summed E-state index contributed by atoms with van der Waals surface area (Å²) in [5.74, 6) is 0.870. The van der Waals surface area contributed by atoms with Crippen LogP contribution in [0.15, 0.2) is 54.9 Å². The zero-order valence-corrected chi connectivity index (χ0v) is 13.1. The van der Waals surface area contributed by atoms with Crippen LogP contribution in [0.1, 0.15) is 0 Å². The van der Waals surface area contributed by atoms with E-state index in [2.05, 4.69) is 4.98 Å². The number of pyridine rings is 1. The molecule has 4 aromatic rings. The van der Waals surface area contributed by atoms with Gasteiger partial charge in [-0.1, -0.05) is 11.6 Å². The van der Waals surface area contributed by atoms with Gasteiger partial charge in [0, 0.05) is 34.2 Å². The van der Waals surface area contributed by atoms with Crippen LogP contribution < -0.4 is 4.74 Å². The molecule has 0 fully saturated rings. The number of aromatic nitrogens is 2. The topological polar surface area (TPSA) is 47.3 Å². The molecule has 0 saturated heterocycles. The Balaban J connectivity index is 1.95. The van der Waals surface area contributed by atoms with E-state index in [4.69, 9.17) is 16.3 Å². The van der Waals surface area contributed by atoms with Gasteiger partial charge >= 0.3 is 0 Å². The van der Waals surface area contributed by atoms with Gasteiger partial charge in [0.2, 0.25) is 5.88 Å². The molecule has 4 rings (SSSR count). The van der Waals surface area contributed by atoms with E-state index in [1.165, 1.54) is 0 Å². The van der Waals surface area contributed by atoms with E-state index < -0.39 is 0 Å². The number of halogens is 1. The highest BCUT2D eigenvalue weighted by Crippen LogP contribution is 2.34. The van der Waals surface area contributed by atoms with Crippen LogP contribution in [0.2, 0.25) is 5.02 Å².